The molecule has 0 heterocycles. The summed E-state index contributed by atoms with van der Waals surface area (Å²) in [5.41, 5.74) is 0. The van der Waals surface area contributed by atoms with Gasteiger partial charge < -0.3 is 36.6 Å². The molecule has 0 aliphatic heterocycles. The van der Waals surface area contributed by atoms with Gasteiger partial charge >= 0.3 is 17.9 Å². The maximum atomic E-state index is 13.1. The van der Waals surface area contributed by atoms with E-state index in [1.165, 1.54) is 6.92 Å². The molecule has 0 saturated heterocycles. The minimum atomic E-state index is -1.49. The van der Waals surface area contributed by atoms with E-state index in [0.29, 0.717) is 12.8 Å². The van der Waals surface area contributed by atoms with Gasteiger partial charge in [-0.1, -0.05) is 19.3 Å². The predicted molar refractivity (Wildman–Crippen MR) is 135 cm³/mol. The average Bonchev–Trinajstić information content (AvgIpc) is 2.85. The smallest absolute Gasteiger partial charge is 0.327 e. The number of nitrogens with one attached hydrogen (secondary N) is 4. The molecule has 1 aliphatic rings. The Labute approximate surface area is 225 Å². The molecule has 1 fully saturated rings. The van der Waals surface area contributed by atoms with E-state index in [1.807, 2.05) is 0 Å². The predicted octanol–water partition coefficient (Wildman–Crippen LogP) is -0.730. The highest BCUT2D eigenvalue weighted by Gasteiger charge is 2.34. The van der Waals surface area contributed by atoms with Gasteiger partial charge in [0.15, 0.2) is 0 Å². The zero-order chi connectivity index (χ0) is 28.8. The van der Waals surface area contributed by atoms with Crippen molar-refractivity contribution in [3.63, 3.8) is 0 Å². The van der Waals surface area contributed by atoms with Gasteiger partial charge in [-0.05, 0) is 31.6 Å². The van der Waals surface area contributed by atoms with Crippen LogP contribution in [0.15, 0.2) is 0 Å². The van der Waals surface area contributed by atoms with Crippen LogP contribution in [0.25, 0.3) is 0 Å². The SMILES string of the molecule is CC(=O)N[C@H](C(=O)N[C@@H](CCC(=O)O)C(=O)N[C@@H](CCC(=O)O)C(=O)N[C@@H](CS)C(=O)O)C1CCCCC1. The first kappa shape index (κ1) is 32.7. The quantitative estimate of drug-likeness (QED) is 0.110. The van der Waals surface area contributed by atoms with Gasteiger partial charge in [0.05, 0.1) is 0 Å². The third-order valence-electron chi connectivity index (χ3n) is 6.12. The number of rotatable bonds is 16. The topological polar surface area (TPSA) is 228 Å². The standard InChI is InChI=1S/C23H36N4O10S/c1-12(28)24-19(13-5-3-2-4-6-13)22(35)26-15(8-10-18(31)32)20(33)25-14(7-9-17(29)30)21(34)27-16(11-38)23(36)37/h13-16,19,38H,2-11H2,1H3,(H,24,28)(H,25,33)(H,26,35)(H,27,34)(H,29,30)(H,31,32)(H,36,37)/t14-,15-,16-,19-/m0/s1. The van der Waals surface area contributed by atoms with E-state index in [2.05, 4.69) is 33.9 Å². The van der Waals surface area contributed by atoms with Crippen molar-refractivity contribution in [3.8, 4) is 0 Å². The van der Waals surface area contributed by atoms with Crippen LogP contribution in [0.1, 0.15) is 64.7 Å². The van der Waals surface area contributed by atoms with Crippen molar-refractivity contribution in [2.24, 2.45) is 5.92 Å². The third kappa shape index (κ3) is 11.8. The Kier molecular flexibility index (Phi) is 14.2. The Morgan fingerprint density at radius 1 is 0.711 bits per heavy atom. The first-order valence-corrected chi connectivity index (χ1v) is 12.9. The Hall–Kier alpha value is -3.36. The maximum Gasteiger partial charge on any atom is 0.327 e. The van der Waals surface area contributed by atoms with Gasteiger partial charge in [-0.3, -0.25) is 28.8 Å². The van der Waals surface area contributed by atoms with E-state index >= 15 is 0 Å². The molecule has 214 valence electrons. The maximum absolute atomic E-state index is 13.1. The molecule has 0 spiro atoms. The molecule has 1 saturated carbocycles. The van der Waals surface area contributed by atoms with Crippen molar-refractivity contribution < 1.29 is 48.9 Å². The summed E-state index contributed by atoms with van der Waals surface area (Å²) in [6, 6.07) is -5.29. The van der Waals surface area contributed by atoms with Crippen LogP contribution in [-0.4, -0.2) is 86.8 Å². The van der Waals surface area contributed by atoms with Crippen LogP contribution in [0.2, 0.25) is 0 Å². The second-order valence-electron chi connectivity index (χ2n) is 9.15. The van der Waals surface area contributed by atoms with Crippen LogP contribution in [0.4, 0.5) is 0 Å². The molecule has 1 rings (SSSR count). The van der Waals surface area contributed by atoms with Gasteiger partial charge in [0.2, 0.25) is 23.6 Å². The highest BCUT2D eigenvalue weighted by Crippen LogP contribution is 2.26. The Bertz CT molecular complexity index is 893. The van der Waals surface area contributed by atoms with E-state index in [0.717, 1.165) is 19.3 Å². The summed E-state index contributed by atoms with van der Waals surface area (Å²) in [5, 5.41) is 36.8. The Balaban J connectivity index is 3.11. The van der Waals surface area contributed by atoms with Crippen LogP contribution >= 0.6 is 12.6 Å². The summed E-state index contributed by atoms with van der Waals surface area (Å²) in [6.45, 7) is 1.25. The number of hydrogen-bond donors (Lipinski definition) is 8. The van der Waals surface area contributed by atoms with Crippen LogP contribution in [0, 0.1) is 5.92 Å². The third-order valence-corrected chi connectivity index (χ3v) is 6.48. The number of carbonyl (C=O) groups is 7. The lowest BCUT2D eigenvalue weighted by Crippen LogP contribution is -2.59. The molecule has 0 bridgehead atoms. The van der Waals surface area contributed by atoms with E-state index in [4.69, 9.17) is 15.3 Å². The molecule has 0 unspecified atom stereocenters. The molecule has 0 aromatic carbocycles. The molecule has 1 aliphatic carbocycles. The number of thiol groups is 1. The van der Waals surface area contributed by atoms with Crippen LogP contribution in [0.5, 0.6) is 0 Å². The zero-order valence-corrected chi connectivity index (χ0v) is 22.0. The molecular formula is C23H36N4O10S. The zero-order valence-electron chi connectivity index (χ0n) is 21.1. The van der Waals surface area contributed by atoms with Gasteiger partial charge in [-0.2, -0.15) is 12.6 Å². The summed E-state index contributed by atoms with van der Waals surface area (Å²) in [5.74, 6) is -7.47. The van der Waals surface area contributed by atoms with Crippen LogP contribution in [-0.2, 0) is 33.6 Å². The highest BCUT2D eigenvalue weighted by molar-refractivity contribution is 7.80. The molecule has 0 aromatic heterocycles. The number of aliphatic carboxylic acids is 3. The number of carboxylic acid groups (broad SMARTS) is 3. The number of hydrogen-bond acceptors (Lipinski definition) is 8. The number of amides is 4. The minimum absolute atomic E-state index is 0.181. The van der Waals surface area contributed by atoms with Gasteiger partial charge in [-0.25, -0.2) is 4.79 Å². The first-order valence-electron chi connectivity index (χ1n) is 12.3. The monoisotopic (exact) mass is 560 g/mol. The van der Waals surface area contributed by atoms with E-state index in [-0.39, 0.29) is 18.1 Å². The molecule has 4 atom stereocenters. The molecule has 4 amide bonds. The first-order chi connectivity index (χ1) is 17.8. The normalized spacial score (nSPS) is 16.7. The molecule has 15 heteroatoms. The lowest BCUT2D eigenvalue weighted by molar-refractivity contribution is -0.142. The lowest BCUT2D eigenvalue weighted by Gasteiger charge is -2.31. The Morgan fingerprint density at radius 3 is 1.55 bits per heavy atom. The largest absolute Gasteiger partial charge is 0.481 e. The van der Waals surface area contributed by atoms with Gasteiger partial charge in [0.25, 0.3) is 0 Å². The molecular weight excluding hydrogens is 524 g/mol. The molecule has 14 nitrogen and oxygen atoms in total. The van der Waals surface area contributed by atoms with Gasteiger partial charge in [-0.15, -0.1) is 0 Å². The fraction of sp³-hybridized carbons (Fsp3) is 0.696. The van der Waals surface area contributed by atoms with Gasteiger partial charge in [0, 0.05) is 25.5 Å². The fourth-order valence-corrected chi connectivity index (χ4v) is 4.40. The summed E-state index contributed by atoms with van der Waals surface area (Å²) in [7, 11) is 0. The summed E-state index contributed by atoms with van der Waals surface area (Å²) in [4.78, 5) is 84.1. The van der Waals surface area contributed by atoms with Crippen LogP contribution < -0.4 is 21.3 Å². The summed E-state index contributed by atoms with van der Waals surface area (Å²) < 4.78 is 0. The van der Waals surface area contributed by atoms with Gasteiger partial charge in [0.1, 0.15) is 24.2 Å². The van der Waals surface area contributed by atoms with Crippen molar-refractivity contribution in [1.29, 1.82) is 0 Å². The van der Waals surface area contributed by atoms with Crippen molar-refractivity contribution >= 4 is 54.2 Å². The average molecular weight is 561 g/mol. The molecule has 0 aromatic rings. The highest BCUT2D eigenvalue weighted by atomic mass is 32.1. The van der Waals surface area contributed by atoms with Crippen molar-refractivity contribution in [3.05, 3.63) is 0 Å². The Morgan fingerprint density at radius 2 is 1.16 bits per heavy atom. The van der Waals surface area contributed by atoms with Crippen molar-refractivity contribution in [1.82, 2.24) is 21.3 Å². The number of carbonyl (C=O) groups excluding carboxylic acids is 4. The van der Waals surface area contributed by atoms with Crippen molar-refractivity contribution in [2.45, 2.75) is 88.9 Å². The van der Waals surface area contributed by atoms with Crippen molar-refractivity contribution in [2.75, 3.05) is 5.75 Å². The fourth-order valence-electron chi connectivity index (χ4n) is 4.15. The molecule has 0 radical (unpaired) electrons. The minimum Gasteiger partial charge on any atom is -0.481 e. The molecule has 38 heavy (non-hydrogen) atoms. The second kappa shape index (κ2) is 16.5. The van der Waals surface area contributed by atoms with E-state index in [9.17, 15) is 33.6 Å². The van der Waals surface area contributed by atoms with Crippen LogP contribution in [0.3, 0.4) is 0 Å². The lowest BCUT2D eigenvalue weighted by atomic mass is 9.83. The van der Waals surface area contributed by atoms with E-state index in [1.54, 1.807) is 0 Å². The summed E-state index contributed by atoms with van der Waals surface area (Å²) >= 11 is 3.85. The second-order valence-corrected chi connectivity index (χ2v) is 9.51. The number of carboxylic acids is 3. The van der Waals surface area contributed by atoms with E-state index < -0.39 is 85.0 Å². The summed E-state index contributed by atoms with van der Waals surface area (Å²) in [6.07, 6.45) is 2.25. The molecule has 7 N–H and O–H groups in total.